The monoisotopic (exact) mass is 385 g/mol. The lowest BCUT2D eigenvalue weighted by Gasteiger charge is -2.28. The molecule has 1 aliphatic heterocycles. The molecule has 1 saturated carbocycles. The zero-order chi connectivity index (χ0) is 18.6. The Balaban J connectivity index is 1.43. The van der Waals surface area contributed by atoms with E-state index in [0.29, 0.717) is 18.8 Å². The lowest BCUT2D eigenvalue weighted by molar-refractivity contribution is -0.150. The van der Waals surface area contributed by atoms with Gasteiger partial charge in [0.2, 0.25) is 6.29 Å². The van der Waals surface area contributed by atoms with Crippen molar-refractivity contribution in [2.24, 2.45) is 0 Å². The van der Waals surface area contributed by atoms with Gasteiger partial charge in [-0.1, -0.05) is 30.3 Å². The van der Waals surface area contributed by atoms with Crippen LogP contribution in [0.2, 0.25) is 0 Å². The van der Waals surface area contributed by atoms with Crippen molar-refractivity contribution in [3.63, 3.8) is 0 Å². The van der Waals surface area contributed by atoms with E-state index in [4.69, 9.17) is 14.6 Å². The number of thiophene rings is 1. The highest BCUT2D eigenvalue weighted by Crippen LogP contribution is 2.34. The molecule has 27 heavy (non-hydrogen) atoms. The van der Waals surface area contributed by atoms with E-state index in [1.165, 1.54) is 4.88 Å². The number of carbonyl (C=O) groups excluding carboxylic acids is 1. The maximum absolute atomic E-state index is 12.5. The third-order valence-corrected chi connectivity index (χ3v) is 5.75. The molecule has 2 atom stereocenters. The van der Waals surface area contributed by atoms with Crippen LogP contribution in [0.1, 0.15) is 41.2 Å². The summed E-state index contributed by atoms with van der Waals surface area (Å²) in [6.07, 6.45) is 4.20. The molecule has 6 heteroatoms. The topological polar surface area (TPSA) is 67.8 Å². The fourth-order valence-electron chi connectivity index (χ4n) is 3.03. The second kappa shape index (κ2) is 8.25. The fourth-order valence-corrected chi connectivity index (χ4v) is 3.84. The highest BCUT2D eigenvalue weighted by molar-refractivity contribution is 7.10. The third kappa shape index (κ3) is 4.77. The number of aliphatic hydroxyl groups is 1. The maximum atomic E-state index is 12.5. The molecule has 5 nitrogen and oxygen atoms in total. The Labute approximate surface area is 162 Å². The number of ether oxygens (including phenoxy) is 2. The Morgan fingerprint density at radius 2 is 2.00 bits per heavy atom. The molecule has 1 aromatic carbocycles. The Morgan fingerprint density at radius 3 is 2.67 bits per heavy atom. The highest BCUT2D eigenvalue weighted by atomic mass is 32.1. The second-order valence-corrected chi connectivity index (χ2v) is 7.95. The van der Waals surface area contributed by atoms with Crippen LogP contribution in [-0.4, -0.2) is 23.3 Å². The molecule has 0 unspecified atom stereocenters. The zero-order valence-electron chi connectivity index (χ0n) is 15.0. The van der Waals surface area contributed by atoms with Crippen LogP contribution >= 0.6 is 11.3 Å². The highest BCUT2D eigenvalue weighted by Gasteiger charge is 2.32. The van der Waals surface area contributed by atoms with Crippen LogP contribution in [0.4, 0.5) is 0 Å². The largest absolute Gasteiger partial charge is 0.459 e. The first-order valence-electron chi connectivity index (χ1n) is 9.24. The standard InChI is InChI=1S/C21H23NO4S/c23-12-14-3-5-15(6-4-14)13-25-20-11-16(19-2-1-9-27-19)10-18(26-20)21(24)22-17-7-8-17/h1-6,9-10,16-17,20,23H,7-8,11-13H2,(H,22,24)/t16-,20+/m0/s1. The smallest absolute Gasteiger partial charge is 0.286 e. The van der Waals surface area contributed by atoms with Crippen molar-refractivity contribution in [3.8, 4) is 0 Å². The van der Waals surface area contributed by atoms with E-state index in [1.54, 1.807) is 11.3 Å². The van der Waals surface area contributed by atoms with E-state index in [1.807, 2.05) is 41.8 Å². The van der Waals surface area contributed by atoms with E-state index >= 15 is 0 Å². The summed E-state index contributed by atoms with van der Waals surface area (Å²) < 4.78 is 11.8. The van der Waals surface area contributed by atoms with Gasteiger partial charge < -0.3 is 19.9 Å². The molecule has 142 valence electrons. The first-order valence-corrected chi connectivity index (χ1v) is 10.1. The lowest BCUT2D eigenvalue weighted by atomic mass is 9.99. The number of benzene rings is 1. The number of aliphatic hydroxyl groups excluding tert-OH is 1. The van der Waals surface area contributed by atoms with Crippen LogP contribution in [0.15, 0.2) is 53.6 Å². The first-order chi connectivity index (χ1) is 13.2. The molecule has 1 aliphatic carbocycles. The second-order valence-electron chi connectivity index (χ2n) is 6.97. The van der Waals surface area contributed by atoms with Gasteiger partial charge >= 0.3 is 0 Å². The number of hydrogen-bond donors (Lipinski definition) is 2. The van der Waals surface area contributed by atoms with E-state index < -0.39 is 6.29 Å². The molecule has 0 bridgehead atoms. The Hall–Kier alpha value is -2.15. The molecule has 1 fully saturated rings. The number of carbonyl (C=O) groups is 1. The van der Waals surface area contributed by atoms with Crippen LogP contribution in [0.3, 0.4) is 0 Å². The number of rotatable bonds is 7. The van der Waals surface area contributed by atoms with Crippen LogP contribution in [0.25, 0.3) is 0 Å². The van der Waals surface area contributed by atoms with Crippen LogP contribution in [0, 0.1) is 0 Å². The molecule has 4 rings (SSSR count). The predicted molar refractivity (Wildman–Crippen MR) is 103 cm³/mol. The van der Waals surface area contributed by atoms with Crippen molar-refractivity contribution in [1.29, 1.82) is 0 Å². The molecule has 1 amide bonds. The molecular formula is C21H23NO4S. The van der Waals surface area contributed by atoms with Gasteiger partial charge in [-0.15, -0.1) is 11.3 Å². The average Bonchev–Trinajstić information content (AvgIpc) is 3.34. The van der Waals surface area contributed by atoms with Crippen molar-refractivity contribution in [2.75, 3.05) is 0 Å². The van der Waals surface area contributed by atoms with Gasteiger partial charge in [0.1, 0.15) is 0 Å². The summed E-state index contributed by atoms with van der Waals surface area (Å²) in [6.45, 7) is 0.421. The van der Waals surface area contributed by atoms with Crippen LogP contribution < -0.4 is 5.32 Å². The van der Waals surface area contributed by atoms with Crippen LogP contribution in [0.5, 0.6) is 0 Å². The summed E-state index contributed by atoms with van der Waals surface area (Å²) >= 11 is 1.68. The minimum Gasteiger partial charge on any atom is -0.459 e. The van der Waals surface area contributed by atoms with Gasteiger partial charge in [0.05, 0.1) is 13.2 Å². The fraction of sp³-hybridized carbons (Fsp3) is 0.381. The Kier molecular flexibility index (Phi) is 5.57. The van der Waals surface area contributed by atoms with E-state index in [0.717, 1.165) is 24.0 Å². The minimum atomic E-state index is -0.473. The van der Waals surface area contributed by atoms with Gasteiger partial charge in [-0.3, -0.25) is 4.79 Å². The number of nitrogens with one attached hydrogen (secondary N) is 1. The van der Waals surface area contributed by atoms with E-state index in [-0.39, 0.29) is 24.5 Å². The Bertz CT molecular complexity index is 796. The van der Waals surface area contributed by atoms with Gasteiger partial charge in [-0.05, 0) is 41.5 Å². The Morgan fingerprint density at radius 1 is 1.22 bits per heavy atom. The molecular weight excluding hydrogens is 362 g/mol. The summed E-state index contributed by atoms with van der Waals surface area (Å²) in [5.74, 6) is 0.312. The summed E-state index contributed by atoms with van der Waals surface area (Å²) in [6, 6.07) is 12.0. The van der Waals surface area contributed by atoms with Gasteiger partial charge in [0.25, 0.3) is 5.91 Å². The first kappa shape index (κ1) is 18.2. The molecule has 1 aromatic heterocycles. The zero-order valence-corrected chi connectivity index (χ0v) is 15.8. The third-order valence-electron chi connectivity index (χ3n) is 4.74. The SMILES string of the molecule is O=C(NC1CC1)C1=C[C@H](c2cccs2)C[C@H](OCc2ccc(CO)cc2)O1. The van der Waals surface area contributed by atoms with Crippen molar-refractivity contribution in [2.45, 2.75) is 50.7 Å². The molecule has 0 spiro atoms. The molecule has 2 aromatic rings. The van der Waals surface area contributed by atoms with Gasteiger partial charge in [0.15, 0.2) is 5.76 Å². The molecule has 2 aliphatic rings. The van der Waals surface area contributed by atoms with Crippen LogP contribution in [-0.2, 0) is 27.5 Å². The molecule has 2 N–H and O–H groups in total. The number of allylic oxidation sites excluding steroid dienone is 1. The van der Waals surface area contributed by atoms with E-state index in [9.17, 15) is 4.79 Å². The summed E-state index contributed by atoms with van der Waals surface area (Å²) in [4.78, 5) is 13.7. The molecule has 2 heterocycles. The van der Waals surface area contributed by atoms with E-state index in [2.05, 4.69) is 11.4 Å². The number of amides is 1. The quantitative estimate of drug-likeness (QED) is 0.766. The van der Waals surface area contributed by atoms with Gasteiger partial charge in [-0.25, -0.2) is 0 Å². The molecule has 0 saturated heterocycles. The minimum absolute atomic E-state index is 0.0274. The van der Waals surface area contributed by atoms with Crippen molar-refractivity contribution < 1.29 is 19.4 Å². The van der Waals surface area contributed by atoms with Gasteiger partial charge in [0, 0.05) is 23.3 Å². The van der Waals surface area contributed by atoms with Crippen molar-refractivity contribution in [3.05, 3.63) is 69.6 Å². The molecule has 0 radical (unpaired) electrons. The van der Waals surface area contributed by atoms with Crippen molar-refractivity contribution in [1.82, 2.24) is 5.32 Å². The number of hydrogen-bond acceptors (Lipinski definition) is 5. The lowest BCUT2D eigenvalue weighted by Crippen LogP contribution is -2.33. The maximum Gasteiger partial charge on any atom is 0.286 e. The summed E-state index contributed by atoms with van der Waals surface area (Å²) in [7, 11) is 0. The van der Waals surface area contributed by atoms with Crippen molar-refractivity contribution >= 4 is 17.2 Å². The summed E-state index contributed by atoms with van der Waals surface area (Å²) in [5.41, 5.74) is 1.87. The average molecular weight is 385 g/mol. The summed E-state index contributed by atoms with van der Waals surface area (Å²) in [5, 5.41) is 14.2. The van der Waals surface area contributed by atoms with Gasteiger partial charge in [-0.2, -0.15) is 0 Å². The normalized spacial score (nSPS) is 22.0. The predicted octanol–water partition coefficient (Wildman–Crippen LogP) is 3.45.